The zero-order valence-corrected chi connectivity index (χ0v) is 17.2. The quantitative estimate of drug-likeness (QED) is 0.447. The summed E-state index contributed by atoms with van der Waals surface area (Å²) in [4.78, 5) is 34.0. The van der Waals surface area contributed by atoms with Gasteiger partial charge < -0.3 is 5.32 Å². The first-order chi connectivity index (χ1) is 15.2. The van der Waals surface area contributed by atoms with Crippen LogP contribution in [0.3, 0.4) is 0 Å². The molecule has 0 aliphatic heterocycles. The van der Waals surface area contributed by atoms with Crippen molar-refractivity contribution in [2.75, 3.05) is 6.54 Å². The molecule has 0 aliphatic carbocycles. The number of nitrogens with one attached hydrogen (secondary N) is 1. The Hall–Kier alpha value is -3.85. The molecule has 0 radical (unpaired) electrons. The molecule has 1 amide bonds. The molecule has 5 rings (SSSR count). The molecule has 0 spiro atoms. The van der Waals surface area contributed by atoms with Gasteiger partial charge in [-0.05, 0) is 17.7 Å². The van der Waals surface area contributed by atoms with Crippen molar-refractivity contribution >= 4 is 38.5 Å². The minimum Gasteiger partial charge on any atom is -0.348 e. The smallest absolute Gasteiger partial charge is 0.280 e. The van der Waals surface area contributed by atoms with Crippen LogP contribution in [0.25, 0.3) is 21.3 Å². The van der Waals surface area contributed by atoms with Crippen molar-refractivity contribution in [3.05, 3.63) is 88.0 Å². The van der Waals surface area contributed by atoms with Gasteiger partial charge in [0.25, 0.3) is 11.5 Å². The van der Waals surface area contributed by atoms with Crippen LogP contribution in [0.5, 0.6) is 0 Å². The zero-order chi connectivity index (χ0) is 21.2. The van der Waals surface area contributed by atoms with Crippen LogP contribution in [0, 0.1) is 0 Å². The van der Waals surface area contributed by atoms with Crippen LogP contribution in [0.4, 0.5) is 0 Å². The van der Waals surface area contributed by atoms with Gasteiger partial charge in [0.15, 0.2) is 10.7 Å². The highest BCUT2D eigenvalue weighted by Gasteiger charge is 2.13. The summed E-state index contributed by atoms with van der Waals surface area (Å²) in [7, 11) is 0. The third-order valence-electron chi connectivity index (χ3n) is 4.92. The first kappa shape index (κ1) is 19.1. The number of thiazole rings is 1. The van der Waals surface area contributed by atoms with E-state index in [-0.39, 0.29) is 11.5 Å². The summed E-state index contributed by atoms with van der Waals surface area (Å²) in [5.41, 5.74) is 2.20. The number of fused-ring (bicyclic) bond motifs is 2. The number of amides is 1. The molecule has 1 N–H and O–H groups in total. The molecule has 0 unspecified atom stereocenters. The molecule has 2 aromatic carbocycles. The van der Waals surface area contributed by atoms with E-state index in [1.165, 1.54) is 23.9 Å². The molecule has 8 nitrogen and oxygen atoms in total. The lowest BCUT2D eigenvalue weighted by molar-refractivity contribution is 0.0952. The second-order valence-corrected chi connectivity index (χ2v) is 8.04. The number of rotatable bonds is 6. The fourth-order valence-corrected chi connectivity index (χ4v) is 4.26. The molecule has 5 aromatic rings. The van der Waals surface area contributed by atoms with E-state index in [1.807, 2.05) is 54.6 Å². The van der Waals surface area contributed by atoms with Crippen molar-refractivity contribution < 1.29 is 4.79 Å². The van der Waals surface area contributed by atoms with E-state index >= 15 is 0 Å². The Balaban J connectivity index is 1.28. The van der Waals surface area contributed by atoms with Gasteiger partial charge in [-0.2, -0.15) is 5.10 Å². The molecule has 154 valence electrons. The van der Waals surface area contributed by atoms with Gasteiger partial charge in [0.1, 0.15) is 11.7 Å². The van der Waals surface area contributed by atoms with Gasteiger partial charge >= 0.3 is 0 Å². The summed E-state index contributed by atoms with van der Waals surface area (Å²) in [5.74, 6) is -0.226. The molecule has 0 fully saturated rings. The number of hydrogen-bond donors (Lipinski definition) is 1. The van der Waals surface area contributed by atoms with Crippen LogP contribution in [-0.2, 0) is 13.1 Å². The molecule has 0 bridgehead atoms. The fraction of sp³-hybridized carbons (Fsp3) is 0.136. The third-order valence-corrected chi connectivity index (χ3v) is 5.95. The molecule has 0 atom stereocenters. The Morgan fingerprint density at radius 3 is 2.71 bits per heavy atom. The number of carbonyl (C=O) groups is 1. The first-order valence-electron chi connectivity index (χ1n) is 9.78. The van der Waals surface area contributed by atoms with E-state index in [1.54, 1.807) is 9.25 Å². The van der Waals surface area contributed by atoms with Crippen molar-refractivity contribution in [3.63, 3.8) is 0 Å². The van der Waals surface area contributed by atoms with E-state index in [0.29, 0.717) is 35.7 Å². The third kappa shape index (κ3) is 3.82. The van der Waals surface area contributed by atoms with E-state index in [0.717, 1.165) is 15.8 Å². The lowest BCUT2D eigenvalue weighted by Crippen LogP contribution is -2.27. The molecule has 31 heavy (non-hydrogen) atoms. The second-order valence-electron chi connectivity index (χ2n) is 7.01. The maximum Gasteiger partial charge on any atom is 0.280 e. The summed E-state index contributed by atoms with van der Waals surface area (Å²) in [6.45, 7) is 1.20. The van der Waals surface area contributed by atoms with Gasteiger partial charge in [0, 0.05) is 6.54 Å². The molecular weight excluding hydrogens is 412 g/mol. The number of benzene rings is 2. The van der Waals surface area contributed by atoms with Gasteiger partial charge in [0.2, 0.25) is 0 Å². The number of aromatic nitrogens is 5. The SMILES string of the molecule is O=C(NCCn1ncc2c(=O)n(Cc3ccccc3)cnc21)c1nc2ccccc2s1. The average molecular weight is 430 g/mol. The molecule has 0 saturated carbocycles. The zero-order valence-electron chi connectivity index (χ0n) is 16.4. The van der Waals surface area contributed by atoms with Crippen molar-refractivity contribution in [2.24, 2.45) is 0 Å². The Labute approximate surface area is 180 Å². The predicted octanol–water partition coefficient (Wildman–Crippen LogP) is 2.68. The molecular formula is C22H18N6O2S. The van der Waals surface area contributed by atoms with E-state index in [4.69, 9.17) is 0 Å². The monoisotopic (exact) mass is 430 g/mol. The summed E-state index contributed by atoms with van der Waals surface area (Å²) in [6.07, 6.45) is 3.07. The minimum atomic E-state index is -0.226. The normalized spacial score (nSPS) is 11.2. The van der Waals surface area contributed by atoms with Gasteiger partial charge in [0.05, 0.1) is 29.5 Å². The number of carbonyl (C=O) groups excluding carboxylic acids is 1. The highest BCUT2D eigenvalue weighted by molar-refractivity contribution is 7.20. The van der Waals surface area contributed by atoms with Crippen LogP contribution in [-0.4, -0.2) is 36.8 Å². The average Bonchev–Trinajstić information content (AvgIpc) is 3.41. The molecule has 9 heteroatoms. The Kier molecular flexibility index (Phi) is 5.01. The number of nitrogens with zero attached hydrogens (tertiary/aromatic N) is 5. The highest BCUT2D eigenvalue weighted by atomic mass is 32.1. The van der Waals surface area contributed by atoms with Crippen molar-refractivity contribution in [3.8, 4) is 0 Å². The van der Waals surface area contributed by atoms with Gasteiger partial charge in [-0.3, -0.25) is 14.2 Å². The lowest BCUT2D eigenvalue weighted by atomic mass is 10.2. The van der Waals surface area contributed by atoms with Gasteiger partial charge in [-0.1, -0.05) is 42.5 Å². The topological polar surface area (TPSA) is 94.7 Å². The summed E-state index contributed by atoms with van der Waals surface area (Å²) in [5, 5.41) is 8.02. The van der Waals surface area contributed by atoms with E-state index < -0.39 is 0 Å². The Morgan fingerprint density at radius 2 is 1.87 bits per heavy atom. The lowest BCUT2D eigenvalue weighted by Gasteiger charge is -2.07. The highest BCUT2D eigenvalue weighted by Crippen LogP contribution is 2.21. The van der Waals surface area contributed by atoms with Crippen LogP contribution >= 0.6 is 11.3 Å². The minimum absolute atomic E-state index is 0.140. The summed E-state index contributed by atoms with van der Waals surface area (Å²) in [6, 6.07) is 17.4. The predicted molar refractivity (Wildman–Crippen MR) is 119 cm³/mol. The summed E-state index contributed by atoms with van der Waals surface area (Å²) < 4.78 is 4.17. The maximum absolute atomic E-state index is 12.8. The van der Waals surface area contributed by atoms with Crippen LogP contribution in [0.1, 0.15) is 15.4 Å². The molecule has 0 aliphatic rings. The number of para-hydroxylation sites is 1. The van der Waals surface area contributed by atoms with Crippen molar-refractivity contribution in [1.29, 1.82) is 0 Å². The number of hydrogen-bond acceptors (Lipinski definition) is 6. The Morgan fingerprint density at radius 1 is 1.06 bits per heavy atom. The molecule has 3 heterocycles. The van der Waals surface area contributed by atoms with Gasteiger partial charge in [-0.25, -0.2) is 14.6 Å². The van der Waals surface area contributed by atoms with Gasteiger partial charge in [-0.15, -0.1) is 11.3 Å². The van der Waals surface area contributed by atoms with E-state index in [9.17, 15) is 9.59 Å². The first-order valence-corrected chi connectivity index (χ1v) is 10.6. The largest absolute Gasteiger partial charge is 0.348 e. The molecule has 0 saturated heterocycles. The van der Waals surface area contributed by atoms with Crippen LogP contribution in [0.2, 0.25) is 0 Å². The molecule has 3 aromatic heterocycles. The van der Waals surface area contributed by atoms with Crippen LogP contribution < -0.4 is 10.9 Å². The maximum atomic E-state index is 12.8. The van der Waals surface area contributed by atoms with Crippen molar-refractivity contribution in [2.45, 2.75) is 13.1 Å². The van der Waals surface area contributed by atoms with E-state index in [2.05, 4.69) is 20.4 Å². The summed E-state index contributed by atoms with van der Waals surface area (Å²) >= 11 is 1.36. The van der Waals surface area contributed by atoms with Crippen molar-refractivity contribution in [1.82, 2.24) is 29.6 Å². The standard InChI is InChI=1S/C22H18N6O2S/c29-20(21-26-17-8-4-5-9-18(17)31-21)23-10-11-28-19-16(12-25-28)22(30)27(14-24-19)13-15-6-2-1-3-7-15/h1-9,12,14H,10-11,13H2,(H,23,29). The Bertz CT molecular complexity index is 1400. The second kappa shape index (κ2) is 8.11. The fourth-order valence-electron chi connectivity index (χ4n) is 3.37. The van der Waals surface area contributed by atoms with Crippen LogP contribution in [0.15, 0.2) is 71.9 Å².